The molecule has 1 aromatic rings. The highest BCUT2D eigenvalue weighted by Crippen LogP contribution is 2.27. The molecule has 0 radical (unpaired) electrons. The van der Waals surface area contributed by atoms with Crippen LogP contribution in [0.4, 0.5) is 13.2 Å². The van der Waals surface area contributed by atoms with Crippen molar-refractivity contribution in [1.82, 2.24) is 0 Å². The number of halogens is 4. The maximum atomic E-state index is 11.9. The molecular formula is C9H9BrF3NO. The zero-order chi connectivity index (χ0) is 11.5. The quantitative estimate of drug-likeness (QED) is 0.926. The van der Waals surface area contributed by atoms with E-state index in [-0.39, 0.29) is 5.75 Å². The highest BCUT2D eigenvalue weighted by atomic mass is 79.9. The average Bonchev–Trinajstić information content (AvgIpc) is 2.09. The Kier molecular flexibility index (Phi) is 3.98. The maximum Gasteiger partial charge on any atom is 0.573 e. The lowest BCUT2D eigenvalue weighted by molar-refractivity contribution is -0.274. The Bertz CT molecular complexity index is 341. The Balaban J connectivity index is 2.87. The largest absolute Gasteiger partial charge is 0.573 e. The molecule has 0 unspecified atom stereocenters. The zero-order valence-electron chi connectivity index (χ0n) is 7.64. The van der Waals surface area contributed by atoms with Gasteiger partial charge in [-0.3, -0.25) is 0 Å². The zero-order valence-corrected chi connectivity index (χ0v) is 9.23. The molecule has 15 heavy (non-hydrogen) atoms. The number of hydrogen-bond acceptors (Lipinski definition) is 2. The molecule has 0 spiro atoms. The van der Waals surface area contributed by atoms with E-state index in [9.17, 15) is 13.2 Å². The molecule has 1 rings (SSSR count). The molecule has 6 heteroatoms. The Morgan fingerprint density at radius 1 is 1.33 bits per heavy atom. The highest BCUT2D eigenvalue weighted by molar-refractivity contribution is 9.10. The summed E-state index contributed by atoms with van der Waals surface area (Å²) in [5, 5.41) is 0. The summed E-state index contributed by atoms with van der Waals surface area (Å²) < 4.78 is 40.2. The smallest absolute Gasteiger partial charge is 0.406 e. The monoisotopic (exact) mass is 283 g/mol. The summed E-state index contributed by atoms with van der Waals surface area (Å²) in [4.78, 5) is 0. The van der Waals surface area contributed by atoms with Gasteiger partial charge in [0.2, 0.25) is 0 Å². The molecule has 2 nitrogen and oxygen atoms in total. The molecule has 0 heterocycles. The molecule has 0 atom stereocenters. The van der Waals surface area contributed by atoms with E-state index in [1.165, 1.54) is 18.2 Å². The van der Waals surface area contributed by atoms with Crippen LogP contribution in [0.15, 0.2) is 22.7 Å². The molecule has 0 fully saturated rings. The van der Waals surface area contributed by atoms with Crippen molar-refractivity contribution in [1.29, 1.82) is 0 Å². The third kappa shape index (κ3) is 4.09. The van der Waals surface area contributed by atoms with Crippen molar-refractivity contribution in [3.05, 3.63) is 28.2 Å². The first-order valence-electron chi connectivity index (χ1n) is 4.16. The third-order valence-electron chi connectivity index (χ3n) is 1.66. The van der Waals surface area contributed by atoms with E-state index < -0.39 is 6.36 Å². The Labute approximate surface area is 93.3 Å². The van der Waals surface area contributed by atoms with Gasteiger partial charge in [0, 0.05) is 4.47 Å². The van der Waals surface area contributed by atoms with Crippen LogP contribution in [0.5, 0.6) is 5.75 Å². The second kappa shape index (κ2) is 4.85. The Morgan fingerprint density at radius 2 is 2.00 bits per heavy atom. The van der Waals surface area contributed by atoms with Crippen LogP contribution in [0.25, 0.3) is 0 Å². The van der Waals surface area contributed by atoms with Crippen molar-refractivity contribution in [3.8, 4) is 5.75 Å². The van der Waals surface area contributed by atoms with Crippen molar-refractivity contribution < 1.29 is 17.9 Å². The summed E-state index contributed by atoms with van der Waals surface area (Å²) in [6, 6.07) is 4.08. The van der Waals surface area contributed by atoms with Gasteiger partial charge in [0.05, 0.1) is 0 Å². The van der Waals surface area contributed by atoms with E-state index >= 15 is 0 Å². The fourth-order valence-electron chi connectivity index (χ4n) is 1.10. The average molecular weight is 284 g/mol. The summed E-state index contributed by atoms with van der Waals surface area (Å²) in [7, 11) is 0. The molecule has 0 aliphatic heterocycles. The van der Waals surface area contributed by atoms with Gasteiger partial charge in [-0.25, -0.2) is 0 Å². The standard InChI is InChI=1S/C9H9BrF3NO/c10-8-2-1-7(15-9(11,12)13)5-6(8)3-4-14/h1-2,5H,3-4,14H2. The van der Waals surface area contributed by atoms with Crippen LogP contribution in [-0.4, -0.2) is 12.9 Å². The molecule has 0 aromatic heterocycles. The van der Waals surface area contributed by atoms with Crippen LogP contribution in [0.1, 0.15) is 5.56 Å². The molecule has 0 saturated heterocycles. The van der Waals surface area contributed by atoms with Gasteiger partial charge in [-0.1, -0.05) is 15.9 Å². The first-order valence-corrected chi connectivity index (χ1v) is 4.96. The summed E-state index contributed by atoms with van der Waals surface area (Å²) in [5.74, 6) is -0.228. The van der Waals surface area contributed by atoms with Gasteiger partial charge in [0.25, 0.3) is 0 Å². The molecule has 0 aliphatic rings. The summed E-state index contributed by atoms with van der Waals surface area (Å²) in [5.41, 5.74) is 6.02. The van der Waals surface area contributed by atoms with Crippen LogP contribution in [-0.2, 0) is 6.42 Å². The van der Waals surface area contributed by atoms with E-state index in [1.807, 2.05) is 0 Å². The van der Waals surface area contributed by atoms with Crippen molar-refractivity contribution in [3.63, 3.8) is 0 Å². The van der Waals surface area contributed by atoms with Crippen molar-refractivity contribution >= 4 is 15.9 Å². The predicted octanol–water partition coefficient (Wildman–Crippen LogP) is 2.85. The lowest BCUT2D eigenvalue weighted by Gasteiger charge is -2.10. The molecule has 0 saturated carbocycles. The lowest BCUT2D eigenvalue weighted by atomic mass is 10.1. The van der Waals surface area contributed by atoms with Gasteiger partial charge >= 0.3 is 6.36 Å². The van der Waals surface area contributed by atoms with E-state index in [4.69, 9.17) is 5.73 Å². The molecule has 84 valence electrons. The van der Waals surface area contributed by atoms with E-state index in [0.717, 1.165) is 4.47 Å². The molecule has 0 aliphatic carbocycles. The van der Waals surface area contributed by atoms with Gasteiger partial charge in [-0.2, -0.15) is 0 Å². The van der Waals surface area contributed by atoms with Crippen LogP contribution in [0, 0.1) is 0 Å². The fourth-order valence-corrected chi connectivity index (χ4v) is 1.54. The van der Waals surface area contributed by atoms with Crippen LogP contribution < -0.4 is 10.5 Å². The number of benzene rings is 1. The second-order valence-electron chi connectivity index (χ2n) is 2.84. The highest BCUT2D eigenvalue weighted by Gasteiger charge is 2.31. The van der Waals surface area contributed by atoms with Crippen molar-refractivity contribution in [2.45, 2.75) is 12.8 Å². The number of ether oxygens (including phenoxy) is 1. The SMILES string of the molecule is NCCc1cc(OC(F)(F)F)ccc1Br. The Hall–Kier alpha value is -0.750. The number of hydrogen-bond donors (Lipinski definition) is 1. The van der Waals surface area contributed by atoms with E-state index in [0.29, 0.717) is 18.5 Å². The van der Waals surface area contributed by atoms with Crippen molar-refractivity contribution in [2.75, 3.05) is 6.54 Å². The topological polar surface area (TPSA) is 35.2 Å². The number of rotatable bonds is 3. The van der Waals surface area contributed by atoms with Crippen LogP contribution >= 0.6 is 15.9 Å². The third-order valence-corrected chi connectivity index (χ3v) is 2.44. The minimum absolute atomic E-state index is 0.228. The molecular weight excluding hydrogens is 275 g/mol. The summed E-state index contributed by atoms with van der Waals surface area (Å²) >= 11 is 3.22. The van der Waals surface area contributed by atoms with E-state index in [1.54, 1.807) is 0 Å². The maximum absolute atomic E-state index is 11.9. The minimum atomic E-state index is -4.66. The lowest BCUT2D eigenvalue weighted by Crippen LogP contribution is -2.17. The van der Waals surface area contributed by atoms with Gasteiger partial charge in [0.15, 0.2) is 0 Å². The first kappa shape index (κ1) is 12.3. The van der Waals surface area contributed by atoms with E-state index in [2.05, 4.69) is 20.7 Å². The molecule has 0 amide bonds. The fraction of sp³-hybridized carbons (Fsp3) is 0.333. The number of alkyl halides is 3. The molecule has 2 N–H and O–H groups in total. The van der Waals surface area contributed by atoms with Crippen LogP contribution in [0.2, 0.25) is 0 Å². The van der Waals surface area contributed by atoms with Gasteiger partial charge in [-0.05, 0) is 36.7 Å². The van der Waals surface area contributed by atoms with Gasteiger partial charge in [-0.15, -0.1) is 13.2 Å². The minimum Gasteiger partial charge on any atom is -0.406 e. The Morgan fingerprint density at radius 3 is 2.53 bits per heavy atom. The van der Waals surface area contributed by atoms with Crippen molar-refractivity contribution in [2.24, 2.45) is 5.73 Å². The molecule has 0 bridgehead atoms. The summed E-state index contributed by atoms with van der Waals surface area (Å²) in [6.45, 7) is 0.369. The summed E-state index contributed by atoms with van der Waals surface area (Å²) in [6.07, 6.45) is -4.16. The van der Waals surface area contributed by atoms with Gasteiger partial charge < -0.3 is 10.5 Å². The predicted molar refractivity (Wildman–Crippen MR) is 53.6 cm³/mol. The number of nitrogens with two attached hydrogens (primary N) is 1. The second-order valence-corrected chi connectivity index (χ2v) is 3.69. The van der Waals surface area contributed by atoms with Gasteiger partial charge in [0.1, 0.15) is 5.75 Å². The van der Waals surface area contributed by atoms with Crippen LogP contribution in [0.3, 0.4) is 0 Å². The molecule has 1 aromatic carbocycles. The first-order chi connectivity index (χ1) is 6.92. The normalized spacial score (nSPS) is 11.5.